The van der Waals surface area contributed by atoms with Crippen LogP contribution in [0.15, 0.2) is 78.9 Å². The summed E-state index contributed by atoms with van der Waals surface area (Å²) in [6.45, 7) is 0. The number of carbonyl (C=O) groups is 3. The van der Waals surface area contributed by atoms with E-state index in [1.165, 1.54) is 18.2 Å². The van der Waals surface area contributed by atoms with Gasteiger partial charge in [-0.1, -0.05) is 60.7 Å². The van der Waals surface area contributed by atoms with Gasteiger partial charge in [0.05, 0.1) is 16.2 Å². The number of nitrogens with one attached hydrogen (secondary N) is 1. The molecule has 3 aromatic carbocycles. The molecule has 7 nitrogen and oxygen atoms in total. The van der Waals surface area contributed by atoms with Crippen LogP contribution in [0.25, 0.3) is 0 Å². The number of ketones is 2. The topological polar surface area (TPSA) is 106 Å². The average Bonchev–Trinajstić information content (AvgIpc) is 2.74. The zero-order valence-electron chi connectivity index (χ0n) is 14.5. The van der Waals surface area contributed by atoms with E-state index in [0.717, 1.165) is 12.1 Å². The summed E-state index contributed by atoms with van der Waals surface area (Å²) in [7, 11) is 0. The summed E-state index contributed by atoms with van der Waals surface area (Å²) < 4.78 is 0. The molecule has 0 saturated heterocycles. The Hall–Kier alpha value is -4.13. The third-order valence-electron chi connectivity index (χ3n) is 3.98. The second-order valence-corrected chi connectivity index (χ2v) is 5.83. The van der Waals surface area contributed by atoms with Crippen LogP contribution in [-0.2, 0) is 4.79 Å². The van der Waals surface area contributed by atoms with Crippen LogP contribution in [0.1, 0.15) is 26.3 Å². The molecule has 0 aliphatic heterocycles. The Kier molecular flexibility index (Phi) is 5.36. The molecule has 0 aliphatic carbocycles. The number of carbonyl (C=O) groups excluding carboxylic acids is 3. The molecule has 3 rings (SSSR count). The highest BCUT2D eigenvalue weighted by molar-refractivity contribution is 6.46. The maximum absolute atomic E-state index is 12.8. The number of nitrogens with zero attached hydrogens (tertiary/aromatic N) is 1. The summed E-state index contributed by atoms with van der Waals surface area (Å²) in [5, 5.41) is 13.5. The van der Waals surface area contributed by atoms with E-state index in [4.69, 9.17) is 0 Å². The number of rotatable bonds is 6. The van der Waals surface area contributed by atoms with Crippen molar-refractivity contribution in [1.29, 1.82) is 0 Å². The molecule has 28 heavy (non-hydrogen) atoms. The van der Waals surface area contributed by atoms with E-state index in [0.29, 0.717) is 5.56 Å². The normalized spacial score (nSPS) is 10.1. The minimum absolute atomic E-state index is 0.0220. The lowest BCUT2D eigenvalue weighted by molar-refractivity contribution is -0.384. The van der Waals surface area contributed by atoms with E-state index >= 15 is 0 Å². The van der Waals surface area contributed by atoms with Crippen molar-refractivity contribution in [3.63, 3.8) is 0 Å². The fourth-order valence-corrected chi connectivity index (χ4v) is 2.59. The summed E-state index contributed by atoms with van der Waals surface area (Å²) in [5.41, 5.74) is 0.140. The van der Waals surface area contributed by atoms with E-state index in [2.05, 4.69) is 5.32 Å². The van der Waals surface area contributed by atoms with Crippen LogP contribution in [0.2, 0.25) is 0 Å². The van der Waals surface area contributed by atoms with E-state index in [-0.39, 0.29) is 22.5 Å². The molecule has 1 amide bonds. The van der Waals surface area contributed by atoms with Crippen molar-refractivity contribution in [3.05, 3.63) is 106 Å². The number of hydrogen-bond acceptors (Lipinski definition) is 5. The molecular formula is C21H14N2O5. The van der Waals surface area contributed by atoms with Crippen LogP contribution >= 0.6 is 0 Å². The molecule has 0 aliphatic rings. The van der Waals surface area contributed by atoms with Gasteiger partial charge in [-0.2, -0.15) is 0 Å². The van der Waals surface area contributed by atoms with Crippen molar-refractivity contribution in [1.82, 2.24) is 0 Å². The maximum atomic E-state index is 12.8. The molecule has 0 fully saturated rings. The maximum Gasteiger partial charge on any atom is 0.296 e. The van der Waals surface area contributed by atoms with E-state index < -0.39 is 22.4 Å². The molecule has 0 heterocycles. The van der Waals surface area contributed by atoms with E-state index in [9.17, 15) is 24.5 Å². The SMILES string of the molecule is O=C(Nc1ccc([N+](=O)[O-])cc1C(=O)c1ccccc1)C(=O)c1ccccc1. The average molecular weight is 374 g/mol. The number of nitro benzene ring substituents is 1. The largest absolute Gasteiger partial charge is 0.318 e. The van der Waals surface area contributed by atoms with Crippen molar-refractivity contribution in [2.75, 3.05) is 5.32 Å². The Morgan fingerprint density at radius 3 is 1.93 bits per heavy atom. The molecule has 7 heteroatoms. The van der Waals surface area contributed by atoms with Gasteiger partial charge in [-0.15, -0.1) is 0 Å². The first-order valence-electron chi connectivity index (χ1n) is 8.26. The molecule has 0 bridgehead atoms. The van der Waals surface area contributed by atoms with Crippen molar-refractivity contribution in [2.45, 2.75) is 0 Å². The molecule has 3 aromatic rings. The Labute approximate surface area is 159 Å². The van der Waals surface area contributed by atoms with Crippen molar-refractivity contribution in [2.24, 2.45) is 0 Å². The number of benzene rings is 3. The number of Topliss-reactive ketones (excluding diaryl/α,β-unsaturated/α-hetero) is 1. The Morgan fingerprint density at radius 1 is 0.786 bits per heavy atom. The van der Waals surface area contributed by atoms with Crippen LogP contribution in [0.3, 0.4) is 0 Å². The number of non-ortho nitro benzene ring substituents is 1. The highest BCUT2D eigenvalue weighted by Crippen LogP contribution is 2.25. The molecule has 1 N–H and O–H groups in total. The Balaban J connectivity index is 1.96. The second-order valence-electron chi connectivity index (χ2n) is 5.83. The van der Waals surface area contributed by atoms with Gasteiger partial charge in [-0.05, 0) is 6.07 Å². The zero-order chi connectivity index (χ0) is 20.1. The van der Waals surface area contributed by atoms with Gasteiger partial charge in [0.2, 0.25) is 0 Å². The van der Waals surface area contributed by atoms with Crippen LogP contribution in [0.5, 0.6) is 0 Å². The first kappa shape index (κ1) is 18.7. The number of amides is 1. The summed E-state index contributed by atoms with van der Waals surface area (Å²) >= 11 is 0. The summed E-state index contributed by atoms with van der Waals surface area (Å²) in [4.78, 5) is 47.9. The smallest absolute Gasteiger partial charge is 0.296 e. The van der Waals surface area contributed by atoms with Gasteiger partial charge in [-0.25, -0.2) is 0 Å². The molecule has 138 valence electrons. The van der Waals surface area contributed by atoms with Crippen molar-refractivity contribution >= 4 is 28.8 Å². The predicted molar refractivity (Wildman–Crippen MR) is 102 cm³/mol. The highest BCUT2D eigenvalue weighted by Gasteiger charge is 2.22. The van der Waals surface area contributed by atoms with Gasteiger partial charge >= 0.3 is 0 Å². The van der Waals surface area contributed by atoms with Crippen molar-refractivity contribution in [3.8, 4) is 0 Å². The Bertz CT molecular complexity index is 1060. The van der Waals surface area contributed by atoms with Gasteiger partial charge in [0.1, 0.15) is 0 Å². The summed E-state index contributed by atoms with van der Waals surface area (Å²) in [6.07, 6.45) is 0. The third kappa shape index (κ3) is 3.99. The van der Waals surface area contributed by atoms with Crippen LogP contribution in [0, 0.1) is 10.1 Å². The monoisotopic (exact) mass is 374 g/mol. The second kappa shape index (κ2) is 8.05. The number of hydrogen-bond donors (Lipinski definition) is 1. The molecule has 0 unspecified atom stereocenters. The molecule has 0 saturated carbocycles. The fourth-order valence-electron chi connectivity index (χ4n) is 2.59. The minimum atomic E-state index is -0.942. The highest BCUT2D eigenvalue weighted by atomic mass is 16.6. The van der Waals surface area contributed by atoms with Gasteiger partial charge in [0.25, 0.3) is 17.4 Å². The van der Waals surface area contributed by atoms with Gasteiger partial charge in [-0.3, -0.25) is 24.5 Å². The van der Waals surface area contributed by atoms with Gasteiger partial charge in [0.15, 0.2) is 5.78 Å². The van der Waals surface area contributed by atoms with E-state index in [1.807, 2.05) is 0 Å². The standard InChI is InChI=1S/C21H14N2O5/c24-19(14-7-3-1-4-8-14)17-13-16(23(27)28)11-12-18(17)22-21(26)20(25)15-9-5-2-6-10-15/h1-13H,(H,22,26). The summed E-state index contributed by atoms with van der Waals surface area (Å²) in [6, 6.07) is 19.6. The lowest BCUT2D eigenvalue weighted by atomic mass is 10.0. The molecule has 0 atom stereocenters. The molecule has 0 radical (unpaired) electrons. The Morgan fingerprint density at radius 2 is 1.36 bits per heavy atom. The minimum Gasteiger partial charge on any atom is -0.318 e. The molecule has 0 aromatic heterocycles. The van der Waals surface area contributed by atoms with Gasteiger partial charge < -0.3 is 5.32 Å². The molecular weight excluding hydrogens is 360 g/mol. The van der Waals surface area contributed by atoms with Crippen LogP contribution in [-0.4, -0.2) is 22.4 Å². The van der Waals surface area contributed by atoms with Gasteiger partial charge in [0, 0.05) is 23.3 Å². The first-order valence-corrected chi connectivity index (χ1v) is 8.26. The number of nitro groups is 1. The summed E-state index contributed by atoms with van der Waals surface area (Å²) in [5.74, 6) is -2.23. The quantitative estimate of drug-likeness (QED) is 0.307. The number of anilines is 1. The third-order valence-corrected chi connectivity index (χ3v) is 3.98. The fraction of sp³-hybridized carbons (Fsp3) is 0. The van der Waals surface area contributed by atoms with Crippen molar-refractivity contribution < 1.29 is 19.3 Å². The zero-order valence-corrected chi connectivity index (χ0v) is 14.5. The lowest BCUT2D eigenvalue weighted by Gasteiger charge is -2.10. The first-order chi connectivity index (χ1) is 13.5. The predicted octanol–water partition coefficient (Wildman–Crippen LogP) is 3.65. The van der Waals surface area contributed by atoms with E-state index in [1.54, 1.807) is 48.5 Å². The lowest BCUT2D eigenvalue weighted by Crippen LogP contribution is -2.24. The molecule has 0 spiro atoms. The van der Waals surface area contributed by atoms with Crippen LogP contribution in [0.4, 0.5) is 11.4 Å². The van der Waals surface area contributed by atoms with Crippen LogP contribution < -0.4 is 5.32 Å².